The molecule has 0 aliphatic carbocycles. The van der Waals surface area contributed by atoms with Gasteiger partial charge in [-0.3, -0.25) is 9.69 Å². The lowest BCUT2D eigenvalue weighted by molar-refractivity contribution is -0.121. The summed E-state index contributed by atoms with van der Waals surface area (Å²) in [6.45, 7) is 0.335. The number of hydrogen-bond donors (Lipinski definition) is 2. The molecular formula is C11H14F2N2O2. The number of carbonyl (C=O) groups is 1. The number of rotatable bonds is 4. The van der Waals surface area contributed by atoms with Crippen LogP contribution in [0.4, 0.5) is 8.78 Å². The average Bonchev–Trinajstić information content (AvgIpc) is 2.25. The summed E-state index contributed by atoms with van der Waals surface area (Å²) in [4.78, 5) is 12.7. The smallest absolute Gasteiger partial charge is 0.233 e. The first kappa shape index (κ1) is 13.4. The van der Waals surface area contributed by atoms with E-state index in [1.165, 1.54) is 7.05 Å². The molecule has 0 radical (unpaired) electrons. The largest absolute Gasteiger partial charge is 0.503 e. The summed E-state index contributed by atoms with van der Waals surface area (Å²) in [5.41, 5.74) is 0.351. The van der Waals surface area contributed by atoms with Crippen LogP contribution >= 0.6 is 0 Å². The average molecular weight is 244 g/mol. The molecule has 0 aliphatic rings. The van der Waals surface area contributed by atoms with Crippen molar-refractivity contribution in [3.8, 4) is 5.75 Å². The molecule has 0 aromatic heterocycles. The van der Waals surface area contributed by atoms with Gasteiger partial charge in [0.25, 0.3) is 0 Å². The van der Waals surface area contributed by atoms with E-state index in [-0.39, 0.29) is 19.0 Å². The van der Waals surface area contributed by atoms with Crippen LogP contribution in [0, 0.1) is 11.6 Å². The van der Waals surface area contributed by atoms with Crippen molar-refractivity contribution in [2.45, 2.75) is 6.54 Å². The van der Waals surface area contributed by atoms with Crippen molar-refractivity contribution in [3.05, 3.63) is 29.3 Å². The Kier molecular flexibility index (Phi) is 4.39. The van der Waals surface area contributed by atoms with Gasteiger partial charge in [0.1, 0.15) is 0 Å². The van der Waals surface area contributed by atoms with Gasteiger partial charge in [-0.15, -0.1) is 0 Å². The lowest BCUT2D eigenvalue weighted by atomic mass is 10.2. The maximum atomic E-state index is 13.0. The molecular weight excluding hydrogens is 230 g/mol. The fourth-order valence-electron chi connectivity index (χ4n) is 1.40. The van der Waals surface area contributed by atoms with Gasteiger partial charge >= 0.3 is 0 Å². The predicted molar refractivity (Wildman–Crippen MR) is 58.4 cm³/mol. The topological polar surface area (TPSA) is 52.6 Å². The Morgan fingerprint density at radius 1 is 1.41 bits per heavy atom. The zero-order valence-corrected chi connectivity index (χ0v) is 9.63. The summed E-state index contributed by atoms with van der Waals surface area (Å²) >= 11 is 0. The van der Waals surface area contributed by atoms with Crippen molar-refractivity contribution >= 4 is 5.91 Å². The van der Waals surface area contributed by atoms with Crippen LogP contribution in [0.5, 0.6) is 5.75 Å². The number of phenols is 1. The molecule has 1 amide bonds. The van der Waals surface area contributed by atoms with E-state index in [2.05, 4.69) is 5.32 Å². The monoisotopic (exact) mass is 244 g/mol. The van der Waals surface area contributed by atoms with Crippen molar-refractivity contribution in [2.75, 3.05) is 20.6 Å². The minimum absolute atomic E-state index is 0.126. The number of carbonyl (C=O) groups excluding carboxylic acids is 1. The highest BCUT2D eigenvalue weighted by atomic mass is 19.1. The SMILES string of the molecule is CNC(=O)CN(C)Cc1cc(F)c(O)c(F)c1. The molecule has 0 fully saturated rings. The summed E-state index contributed by atoms with van der Waals surface area (Å²) in [7, 11) is 3.16. The van der Waals surface area contributed by atoms with Gasteiger partial charge in [-0.05, 0) is 24.7 Å². The number of hydrogen-bond acceptors (Lipinski definition) is 3. The molecule has 1 aromatic carbocycles. The van der Waals surface area contributed by atoms with Crippen molar-refractivity contribution in [2.24, 2.45) is 0 Å². The van der Waals surface area contributed by atoms with Crippen molar-refractivity contribution in [1.29, 1.82) is 0 Å². The first-order valence-electron chi connectivity index (χ1n) is 5.00. The molecule has 2 N–H and O–H groups in total. The second kappa shape index (κ2) is 5.58. The quantitative estimate of drug-likeness (QED) is 0.825. The normalized spacial score (nSPS) is 10.6. The van der Waals surface area contributed by atoms with E-state index >= 15 is 0 Å². The minimum Gasteiger partial charge on any atom is -0.503 e. The molecule has 0 saturated carbocycles. The van der Waals surface area contributed by atoms with Crippen LogP contribution in [-0.2, 0) is 11.3 Å². The van der Waals surface area contributed by atoms with E-state index in [0.29, 0.717) is 5.56 Å². The number of nitrogens with one attached hydrogen (secondary N) is 1. The summed E-state index contributed by atoms with van der Waals surface area (Å²) in [5.74, 6) is -3.18. The summed E-state index contributed by atoms with van der Waals surface area (Å²) in [6.07, 6.45) is 0. The molecule has 4 nitrogen and oxygen atoms in total. The van der Waals surface area contributed by atoms with Gasteiger partial charge in [-0.1, -0.05) is 0 Å². The Labute approximate surface area is 97.9 Å². The molecule has 0 aliphatic heterocycles. The number of phenolic OH excluding ortho intramolecular Hbond substituents is 1. The van der Waals surface area contributed by atoms with Crippen LogP contribution in [0.1, 0.15) is 5.56 Å². The maximum absolute atomic E-state index is 13.0. The van der Waals surface area contributed by atoms with Crippen LogP contribution in [0.25, 0.3) is 0 Å². The molecule has 6 heteroatoms. The third-order valence-corrected chi connectivity index (χ3v) is 2.22. The maximum Gasteiger partial charge on any atom is 0.233 e. The number of amides is 1. The Hall–Kier alpha value is -1.69. The molecule has 0 unspecified atom stereocenters. The van der Waals surface area contributed by atoms with Gasteiger partial charge in [0, 0.05) is 13.6 Å². The highest BCUT2D eigenvalue weighted by Crippen LogP contribution is 2.21. The highest BCUT2D eigenvalue weighted by Gasteiger charge is 2.11. The van der Waals surface area contributed by atoms with Gasteiger partial charge < -0.3 is 10.4 Å². The third kappa shape index (κ3) is 3.67. The minimum atomic E-state index is -1.01. The molecule has 0 bridgehead atoms. The number of nitrogens with zero attached hydrogens (tertiary/aromatic N) is 1. The molecule has 1 aromatic rings. The van der Waals surface area contributed by atoms with Crippen LogP contribution in [0.2, 0.25) is 0 Å². The van der Waals surface area contributed by atoms with Crippen LogP contribution < -0.4 is 5.32 Å². The van der Waals surface area contributed by atoms with E-state index in [1.54, 1.807) is 11.9 Å². The second-order valence-corrected chi connectivity index (χ2v) is 3.75. The summed E-state index contributed by atoms with van der Waals surface area (Å²) < 4.78 is 26.1. The Morgan fingerprint density at radius 2 is 1.94 bits per heavy atom. The van der Waals surface area contributed by atoms with Crippen LogP contribution in [-0.4, -0.2) is 36.6 Å². The molecule has 0 heterocycles. The third-order valence-electron chi connectivity index (χ3n) is 2.22. The van der Waals surface area contributed by atoms with Gasteiger partial charge in [-0.25, -0.2) is 8.78 Å². The highest BCUT2D eigenvalue weighted by molar-refractivity contribution is 5.77. The predicted octanol–water partition coefficient (Wildman–Crippen LogP) is 0.848. The first-order valence-corrected chi connectivity index (χ1v) is 5.00. The van der Waals surface area contributed by atoms with E-state index < -0.39 is 17.4 Å². The zero-order chi connectivity index (χ0) is 13.0. The fraction of sp³-hybridized carbons (Fsp3) is 0.364. The Balaban J connectivity index is 2.72. The second-order valence-electron chi connectivity index (χ2n) is 3.75. The van der Waals surface area contributed by atoms with Gasteiger partial charge in [0.15, 0.2) is 17.4 Å². The molecule has 0 atom stereocenters. The lowest BCUT2D eigenvalue weighted by Crippen LogP contribution is -2.32. The van der Waals surface area contributed by atoms with Crippen LogP contribution in [0.3, 0.4) is 0 Å². The van der Waals surface area contributed by atoms with Crippen molar-refractivity contribution in [3.63, 3.8) is 0 Å². The van der Waals surface area contributed by atoms with Gasteiger partial charge in [-0.2, -0.15) is 0 Å². The Morgan fingerprint density at radius 3 is 2.41 bits per heavy atom. The van der Waals surface area contributed by atoms with E-state index in [0.717, 1.165) is 12.1 Å². The molecule has 94 valence electrons. The number of benzene rings is 1. The van der Waals surface area contributed by atoms with Gasteiger partial charge in [0.05, 0.1) is 6.54 Å². The van der Waals surface area contributed by atoms with Crippen LogP contribution in [0.15, 0.2) is 12.1 Å². The standard InChI is InChI=1S/C11H14F2N2O2/c1-14-10(16)6-15(2)5-7-3-8(12)11(17)9(13)4-7/h3-4,17H,5-6H2,1-2H3,(H,14,16). The molecule has 17 heavy (non-hydrogen) atoms. The van der Waals surface area contributed by atoms with Crippen molar-refractivity contribution in [1.82, 2.24) is 10.2 Å². The lowest BCUT2D eigenvalue weighted by Gasteiger charge is -2.15. The summed E-state index contributed by atoms with van der Waals surface area (Å²) in [5, 5.41) is 11.4. The van der Waals surface area contributed by atoms with E-state index in [4.69, 9.17) is 5.11 Å². The summed E-state index contributed by atoms with van der Waals surface area (Å²) in [6, 6.07) is 2.08. The number of likely N-dealkylation sites (N-methyl/N-ethyl adjacent to an activating group) is 2. The van der Waals surface area contributed by atoms with Crippen molar-refractivity contribution < 1.29 is 18.7 Å². The number of aromatic hydroxyl groups is 1. The Bertz CT molecular complexity index is 401. The van der Waals surface area contributed by atoms with Gasteiger partial charge in [0.2, 0.25) is 5.91 Å². The molecule has 1 rings (SSSR count). The number of halogens is 2. The fourth-order valence-corrected chi connectivity index (χ4v) is 1.40. The molecule has 0 spiro atoms. The first-order chi connectivity index (χ1) is 7.93. The van der Waals surface area contributed by atoms with E-state index in [1.807, 2.05) is 0 Å². The molecule has 0 saturated heterocycles. The zero-order valence-electron chi connectivity index (χ0n) is 9.63. The van der Waals surface area contributed by atoms with E-state index in [9.17, 15) is 13.6 Å².